The standard InChI is InChI=1S/C24H22N2O4/c1-17-5-7-19(8-6-17)24(27)26(16-22-4-3-13-29-22)15-20-14-23(30-25-20)18-9-11-21(28-2)12-10-18/h3-14H,15-16H2,1-2H3. The van der Waals surface area contributed by atoms with Crippen LogP contribution in [0.25, 0.3) is 11.3 Å². The van der Waals surface area contributed by atoms with Gasteiger partial charge in [-0.3, -0.25) is 4.79 Å². The van der Waals surface area contributed by atoms with E-state index < -0.39 is 0 Å². The maximum absolute atomic E-state index is 13.1. The molecule has 0 aliphatic rings. The van der Waals surface area contributed by atoms with Gasteiger partial charge in [0.25, 0.3) is 5.91 Å². The van der Waals surface area contributed by atoms with E-state index in [-0.39, 0.29) is 5.91 Å². The summed E-state index contributed by atoms with van der Waals surface area (Å²) in [5.41, 5.74) is 3.26. The van der Waals surface area contributed by atoms with Crippen LogP contribution in [0.3, 0.4) is 0 Å². The molecule has 4 aromatic rings. The van der Waals surface area contributed by atoms with Crippen LogP contribution in [0, 0.1) is 6.92 Å². The first-order valence-electron chi connectivity index (χ1n) is 9.61. The zero-order valence-corrected chi connectivity index (χ0v) is 16.9. The number of aromatic nitrogens is 1. The van der Waals surface area contributed by atoms with E-state index in [0.29, 0.717) is 35.9 Å². The summed E-state index contributed by atoms with van der Waals surface area (Å²) in [5, 5.41) is 4.16. The molecule has 152 valence electrons. The van der Waals surface area contributed by atoms with Gasteiger partial charge in [0.15, 0.2) is 5.76 Å². The van der Waals surface area contributed by atoms with Crippen LogP contribution >= 0.6 is 0 Å². The molecule has 30 heavy (non-hydrogen) atoms. The van der Waals surface area contributed by atoms with E-state index in [1.807, 2.05) is 73.7 Å². The van der Waals surface area contributed by atoms with Crippen molar-refractivity contribution in [2.24, 2.45) is 0 Å². The summed E-state index contributed by atoms with van der Waals surface area (Å²) in [7, 11) is 1.63. The third kappa shape index (κ3) is 4.43. The minimum absolute atomic E-state index is 0.0969. The molecule has 0 unspecified atom stereocenters. The third-order valence-electron chi connectivity index (χ3n) is 4.80. The van der Waals surface area contributed by atoms with Gasteiger partial charge in [-0.25, -0.2) is 0 Å². The lowest BCUT2D eigenvalue weighted by Gasteiger charge is -2.20. The second-order valence-electron chi connectivity index (χ2n) is 7.02. The third-order valence-corrected chi connectivity index (χ3v) is 4.80. The van der Waals surface area contributed by atoms with E-state index in [1.165, 1.54) is 0 Å². The number of nitrogens with zero attached hydrogens (tertiary/aromatic N) is 2. The maximum atomic E-state index is 13.1. The number of benzene rings is 2. The van der Waals surface area contributed by atoms with Crippen LogP contribution in [0.4, 0.5) is 0 Å². The fraction of sp³-hybridized carbons (Fsp3) is 0.167. The highest BCUT2D eigenvalue weighted by Crippen LogP contribution is 2.24. The van der Waals surface area contributed by atoms with Crippen molar-refractivity contribution < 1.29 is 18.5 Å². The molecule has 6 nitrogen and oxygen atoms in total. The molecule has 2 aromatic heterocycles. The monoisotopic (exact) mass is 402 g/mol. The molecule has 0 saturated carbocycles. The molecule has 0 aliphatic heterocycles. The van der Waals surface area contributed by atoms with Gasteiger partial charge in [0.2, 0.25) is 0 Å². The van der Waals surface area contributed by atoms with E-state index in [4.69, 9.17) is 13.7 Å². The van der Waals surface area contributed by atoms with Crippen molar-refractivity contribution >= 4 is 5.91 Å². The zero-order chi connectivity index (χ0) is 20.9. The number of ether oxygens (including phenoxy) is 1. The lowest BCUT2D eigenvalue weighted by atomic mass is 10.1. The molecule has 0 saturated heterocycles. The van der Waals surface area contributed by atoms with Gasteiger partial charge >= 0.3 is 0 Å². The first kappa shape index (κ1) is 19.5. The number of rotatable bonds is 7. The van der Waals surface area contributed by atoms with E-state index in [2.05, 4.69) is 5.16 Å². The molecular weight excluding hydrogens is 380 g/mol. The molecular formula is C24H22N2O4. The SMILES string of the molecule is COc1ccc(-c2cc(CN(Cc3ccco3)C(=O)c3ccc(C)cc3)no2)cc1. The maximum Gasteiger partial charge on any atom is 0.254 e. The zero-order valence-electron chi connectivity index (χ0n) is 16.9. The van der Waals surface area contributed by atoms with Crippen LogP contribution in [-0.2, 0) is 13.1 Å². The molecule has 0 N–H and O–H groups in total. The number of carbonyl (C=O) groups is 1. The number of furan rings is 1. The Kier molecular flexibility index (Phi) is 5.66. The Labute approximate surface area is 174 Å². The Hall–Kier alpha value is -3.80. The molecule has 4 rings (SSSR count). The van der Waals surface area contributed by atoms with Crippen LogP contribution in [0.15, 0.2) is 81.9 Å². The highest BCUT2D eigenvalue weighted by Gasteiger charge is 2.20. The number of amides is 1. The Morgan fingerprint density at radius 3 is 2.47 bits per heavy atom. The van der Waals surface area contributed by atoms with E-state index in [9.17, 15) is 4.79 Å². The summed E-state index contributed by atoms with van der Waals surface area (Å²) in [6.45, 7) is 2.63. The molecule has 6 heteroatoms. The van der Waals surface area contributed by atoms with E-state index in [1.54, 1.807) is 18.3 Å². The van der Waals surface area contributed by atoms with Gasteiger partial charge in [0, 0.05) is 17.2 Å². The molecule has 0 fully saturated rings. The number of methoxy groups -OCH3 is 1. The van der Waals surface area contributed by atoms with E-state index >= 15 is 0 Å². The molecule has 2 aromatic carbocycles. The van der Waals surface area contributed by atoms with Crippen LogP contribution in [-0.4, -0.2) is 23.1 Å². The fourth-order valence-electron chi connectivity index (χ4n) is 3.14. The van der Waals surface area contributed by atoms with Crippen molar-refractivity contribution in [1.82, 2.24) is 10.1 Å². The van der Waals surface area contributed by atoms with Crippen LogP contribution in [0.2, 0.25) is 0 Å². The van der Waals surface area contributed by atoms with Crippen LogP contribution in [0.5, 0.6) is 5.75 Å². The predicted molar refractivity (Wildman–Crippen MR) is 112 cm³/mol. The van der Waals surface area contributed by atoms with Crippen molar-refractivity contribution in [1.29, 1.82) is 0 Å². The summed E-state index contributed by atoms with van der Waals surface area (Å²) >= 11 is 0. The highest BCUT2D eigenvalue weighted by molar-refractivity contribution is 5.94. The first-order chi connectivity index (χ1) is 14.6. The van der Waals surface area contributed by atoms with Gasteiger partial charge in [-0.2, -0.15) is 0 Å². The number of carbonyl (C=O) groups excluding carboxylic acids is 1. The highest BCUT2D eigenvalue weighted by atomic mass is 16.5. The van der Waals surface area contributed by atoms with Crippen LogP contribution in [0.1, 0.15) is 27.4 Å². The summed E-state index contributed by atoms with van der Waals surface area (Å²) < 4.78 is 16.2. The fourth-order valence-corrected chi connectivity index (χ4v) is 3.14. The van der Waals surface area contributed by atoms with Crippen molar-refractivity contribution in [2.75, 3.05) is 7.11 Å². The van der Waals surface area contributed by atoms with Gasteiger partial charge in [0.05, 0.1) is 26.5 Å². The van der Waals surface area contributed by atoms with Crippen molar-refractivity contribution in [2.45, 2.75) is 20.0 Å². The van der Waals surface area contributed by atoms with Gasteiger partial charge in [-0.15, -0.1) is 0 Å². The Bertz CT molecular complexity index is 1100. The topological polar surface area (TPSA) is 68.7 Å². The molecule has 2 heterocycles. The minimum Gasteiger partial charge on any atom is -0.497 e. The molecule has 0 radical (unpaired) electrons. The van der Waals surface area contributed by atoms with Gasteiger partial charge in [-0.1, -0.05) is 22.9 Å². The second kappa shape index (κ2) is 8.69. The Balaban J connectivity index is 1.56. The lowest BCUT2D eigenvalue weighted by Crippen LogP contribution is -2.30. The molecule has 0 atom stereocenters. The van der Waals surface area contributed by atoms with Crippen molar-refractivity contribution in [3.8, 4) is 17.1 Å². The molecule has 0 bridgehead atoms. The average Bonchev–Trinajstić information content (AvgIpc) is 3.46. The average molecular weight is 402 g/mol. The summed E-state index contributed by atoms with van der Waals surface area (Å²) in [4.78, 5) is 14.8. The quantitative estimate of drug-likeness (QED) is 0.430. The number of hydrogen-bond donors (Lipinski definition) is 0. The second-order valence-corrected chi connectivity index (χ2v) is 7.02. The molecule has 0 aliphatic carbocycles. The smallest absolute Gasteiger partial charge is 0.254 e. The van der Waals surface area contributed by atoms with E-state index in [0.717, 1.165) is 16.9 Å². The predicted octanol–water partition coefficient (Wildman–Crippen LogP) is 5.09. The molecule has 0 spiro atoms. The molecule has 1 amide bonds. The largest absolute Gasteiger partial charge is 0.497 e. The summed E-state index contributed by atoms with van der Waals surface area (Å²) in [6.07, 6.45) is 1.60. The van der Waals surface area contributed by atoms with Gasteiger partial charge in [0.1, 0.15) is 17.2 Å². The van der Waals surface area contributed by atoms with Crippen molar-refractivity contribution in [3.63, 3.8) is 0 Å². The normalized spacial score (nSPS) is 10.7. The Morgan fingerprint density at radius 1 is 1.03 bits per heavy atom. The van der Waals surface area contributed by atoms with Gasteiger partial charge < -0.3 is 18.6 Å². The summed E-state index contributed by atoms with van der Waals surface area (Å²) in [5.74, 6) is 2.01. The Morgan fingerprint density at radius 2 is 1.80 bits per heavy atom. The number of aryl methyl sites for hydroxylation is 1. The lowest BCUT2D eigenvalue weighted by molar-refractivity contribution is 0.0713. The summed E-state index contributed by atoms with van der Waals surface area (Å²) in [6, 6.07) is 20.6. The van der Waals surface area contributed by atoms with Crippen molar-refractivity contribution in [3.05, 3.63) is 95.6 Å². The number of hydrogen-bond acceptors (Lipinski definition) is 5. The van der Waals surface area contributed by atoms with Gasteiger partial charge in [-0.05, 0) is 55.5 Å². The minimum atomic E-state index is -0.0969. The van der Waals surface area contributed by atoms with Crippen LogP contribution < -0.4 is 4.74 Å². The first-order valence-corrected chi connectivity index (χ1v) is 9.61.